The lowest BCUT2D eigenvalue weighted by Crippen LogP contribution is -2.24. The zero-order valence-electron chi connectivity index (χ0n) is 13.1. The maximum Gasteiger partial charge on any atom is 0.416 e. The molecule has 0 aliphatic heterocycles. The van der Waals surface area contributed by atoms with E-state index in [0.29, 0.717) is 11.8 Å². The number of hydrogen-bond acceptors (Lipinski definition) is 0. The minimum atomic E-state index is -4.25. The van der Waals surface area contributed by atoms with E-state index in [9.17, 15) is 13.2 Å². The van der Waals surface area contributed by atoms with Gasteiger partial charge in [-0.15, -0.1) is 0 Å². The summed E-state index contributed by atoms with van der Waals surface area (Å²) >= 11 is 0. The van der Waals surface area contributed by atoms with Gasteiger partial charge in [0.05, 0.1) is 5.56 Å². The summed E-state index contributed by atoms with van der Waals surface area (Å²) in [4.78, 5) is 0. The van der Waals surface area contributed by atoms with Gasteiger partial charge in [-0.25, -0.2) is 0 Å². The zero-order chi connectivity index (χ0) is 15.6. The quantitative estimate of drug-likeness (QED) is 0.611. The Kier molecular flexibility index (Phi) is 5.00. The summed E-state index contributed by atoms with van der Waals surface area (Å²) in [5.41, 5.74) is 1.43. The molecule has 0 aromatic heterocycles. The van der Waals surface area contributed by atoms with Gasteiger partial charge in [-0.3, -0.25) is 0 Å². The second kappa shape index (κ2) is 6.41. The van der Waals surface area contributed by atoms with E-state index < -0.39 is 11.7 Å². The normalized spacial score (nSPS) is 26.9. The van der Waals surface area contributed by atoms with Crippen molar-refractivity contribution < 1.29 is 13.2 Å². The molecule has 0 radical (unpaired) electrons. The van der Waals surface area contributed by atoms with Gasteiger partial charge in [0.25, 0.3) is 0 Å². The van der Waals surface area contributed by atoms with E-state index in [2.05, 4.69) is 13.8 Å². The van der Waals surface area contributed by atoms with E-state index in [1.165, 1.54) is 18.6 Å². The minimum absolute atomic E-state index is 0.288. The maximum atomic E-state index is 13.0. The van der Waals surface area contributed by atoms with Crippen LogP contribution < -0.4 is 0 Å². The maximum absolute atomic E-state index is 13.0. The van der Waals surface area contributed by atoms with Crippen LogP contribution in [0.5, 0.6) is 0 Å². The molecule has 1 aliphatic rings. The first kappa shape index (κ1) is 16.4. The van der Waals surface area contributed by atoms with Gasteiger partial charge in [0.2, 0.25) is 0 Å². The molecule has 0 N–H and O–H groups in total. The predicted octanol–water partition coefficient (Wildman–Crippen LogP) is 6.33. The van der Waals surface area contributed by atoms with Gasteiger partial charge >= 0.3 is 6.18 Å². The van der Waals surface area contributed by atoms with Gasteiger partial charge < -0.3 is 0 Å². The van der Waals surface area contributed by atoms with Crippen molar-refractivity contribution in [2.24, 2.45) is 11.8 Å². The Morgan fingerprint density at radius 3 is 2.38 bits per heavy atom. The van der Waals surface area contributed by atoms with E-state index in [0.717, 1.165) is 36.8 Å². The molecule has 3 unspecified atom stereocenters. The molecular weight excluding hydrogens is 273 g/mol. The van der Waals surface area contributed by atoms with Gasteiger partial charge in [0.15, 0.2) is 0 Å². The van der Waals surface area contributed by atoms with Gasteiger partial charge in [-0.05, 0) is 60.8 Å². The fourth-order valence-corrected chi connectivity index (χ4v) is 3.78. The van der Waals surface area contributed by atoms with Crippen LogP contribution in [0.1, 0.15) is 68.6 Å². The highest BCUT2D eigenvalue weighted by Gasteiger charge is 2.34. The molecule has 0 spiro atoms. The molecule has 0 nitrogen and oxygen atoms in total. The van der Waals surface area contributed by atoms with Crippen molar-refractivity contribution in [3.8, 4) is 0 Å². The van der Waals surface area contributed by atoms with E-state index in [1.807, 2.05) is 6.92 Å². The number of rotatable bonds is 3. The van der Waals surface area contributed by atoms with Crippen LogP contribution in [0, 0.1) is 18.8 Å². The smallest absolute Gasteiger partial charge is 0.166 e. The molecule has 1 aromatic rings. The molecule has 3 atom stereocenters. The Morgan fingerprint density at radius 1 is 1.10 bits per heavy atom. The molecule has 1 aromatic carbocycles. The van der Waals surface area contributed by atoms with Crippen LogP contribution in [0.4, 0.5) is 13.2 Å². The fraction of sp³-hybridized carbons (Fsp3) is 0.667. The summed E-state index contributed by atoms with van der Waals surface area (Å²) in [7, 11) is 0. The van der Waals surface area contributed by atoms with Crippen LogP contribution in [-0.2, 0) is 6.18 Å². The molecular formula is C18H25F3. The minimum Gasteiger partial charge on any atom is -0.166 e. The molecule has 21 heavy (non-hydrogen) atoms. The summed E-state index contributed by atoms with van der Waals surface area (Å²) in [6.07, 6.45) is 1.35. The fourth-order valence-electron chi connectivity index (χ4n) is 3.78. The molecule has 1 saturated carbocycles. The van der Waals surface area contributed by atoms with Gasteiger partial charge in [-0.1, -0.05) is 39.2 Å². The molecule has 1 aliphatic carbocycles. The molecule has 3 heteroatoms. The zero-order valence-corrected chi connectivity index (χ0v) is 13.1. The lowest BCUT2D eigenvalue weighted by atomic mass is 9.68. The highest BCUT2D eigenvalue weighted by Crippen LogP contribution is 2.45. The molecule has 0 saturated heterocycles. The first-order valence-corrected chi connectivity index (χ1v) is 8.04. The van der Waals surface area contributed by atoms with Crippen molar-refractivity contribution in [2.45, 2.75) is 65.0 Å². The third-order valence-corrected chi connectivity index (χ3v) is 5.21. The summed E-state index contributed by atoms with van der Waals surface area (Å²) in [5, 5.41) is 0. The highest BCUT2D eigenvalue weighted by molar-refractivity contribution is 5.36. The largest absolute Gasteiger partial charge is 0.416 e. The van der Waals surface area contributed by atoms with Crippen molar-refractivity contribution in [1.29, 1.82) is 0 Å². The van der Waals surface area contributed by atoms with Crippen LogP contribution in [-0.4, -0.2) is 0 Å². The lowest BCUT2D eigenvalue weighted by molar-refractivity contribution is -0.137. The summed E-state index contributed by atoms with van der Waals surface area (Å²) in [6.45, 7) is 6.29. The molecule has 118 valence electrons. The third kappa shape index (κ3) is 3.61. The van der Waals surface area contributed by atoms with Crippen LogP contribution in [0.25, 0.3) is 0 Å². The van der Waals surface area contributed by atoms with E-state index in [-0.39, 0.29) is 5.92 Å². The molecule has 0 bridgehead atoms. The lowest BCUT2D eigenvalue weighted by Gasteiger charge is -2.37. The Bertz CT molecular complexity index is 476. The van der Waals surface area contributed by atoms with Crippen molar-refractivity contribution in [3.63, 3.8) is 0 Å². The molecule has 1 fully saturated rings. The Morgan fingerprint density at radius 2 is 1.81 bits per heavy atom. The van der Waals surface area contributed by atoms with E-state index >= 15 is 0 Å². The Balaban J connectivity index is 2.37. The number of benzene rings is 1. The third-order valence-electron chi connectivity index (χ3n) is 5.21. The van der Waals surface area contributed by atoms with Crippen LogP contribution >= 0.6 is 0 Å². The highest BCUT2D eigenvalue weighted by atomic mass is 19.4. The van der Waals surface area contributed by atoms with Crippen molar-refractivity contribution in [1.82, 2.24) is 0 Å². The number of hydrogen-bond donors (Lipinski definition) is 0. The Labute approximate surface area is 125 Å². The number of aryl methyl sites for hydroxylation is 1. The van der Waals surface area contributed by atoms with Crippen LogP contribution in [0.15, 0.2) is 18.2 Å². The van der Waals surface area contributed by atoms with Crippen molar-refractivity contribution >= 4 is 0 Å². The summed E-state index contributed by atoms with van der Waals surface area (Å²) in [6, 6.07) is 4.25. The topological polar surface area (TPSA) is 0 Å². The van der Waals surface area contributed by atoms with Crippen molar-refractivity contribution in [3.05, 3.63) is 34.9 Å². The van der Waals surface area contributed by atoms with Crippen LogP contribution in [0.2, 0.25) is 0 Å². The van der Waals surface area contributed by atoms with Gasteiger partial charge in [0, 0.05) is 0 Å². The summed E-state index contributed by atoms with van der Waals surface area (Å²) in [5.74, 6) is 1.47. The molecule has 0 amide bonds. The monoisotopic (exact) mass is 298 g/mol. The number of alkyl halides is 3. The average Bonchev–Trinajstić information content (AvgIpc) is 2.45. The Hall–Kier alpha value is -0.990. The molecule has 0 heterocycles. The van der Waals surface area contributed by atoms with Crippen LogP contribution in [0.3, 0.4) is 0 Å². The summed E-state index contributed by atoms with van der Waals surface area (Å²) < 4.78 is 39.0. The number of halogens is 3. The predicted molar refractivity (Wildman–Crippen MR) is 80.3 cm³/mol. The van der Waals surface area contributed by atoms with Gasteiger partial charge in [0.1, 0.15) is 0 Å². The molecule has 2 rings (SSSR count). The first-order valence-electron chi connectivity index (χ1n) is 8.04. The SMILES string of the molecule is CCC1CCC(CC)C(c2cc(C(F)(F)F)ccc2C)C1. The average molecular weight is 298 g/mol. The first-order chi connectivity index (χ1) is 9.86. The standard InChI is InChI=1S/C18H25F3/c1-4-13-7-8-14(5-2)17(10-13)16-11-15(18(19,20)21)9-6-12(16)3/h6,9,11,13-14,17H,4-5,7-8,10H2,1-3H3. The van der Waals surface area contributed by atoms with E-state index in [1.54, 1.807) is 6.07 Å². The van der Waals surface area contributed by atoms with Gasteiger partial charge in [-0.2, -0.15) is 13.2 Å². The second-order valence-corrected chi connectivity index (χ2v) is 6.43. The van der Waals surface area contributed by atoms with E-state index in [4.69, 9.17) is 0 Å². The van der Waals surface area contributed by atoms with Crippen molar-refractivity contribution in [2.75, 3.05) is 0 Å². The second-order valence-electron chi connectivity index (χ2n) is 6.43.